The number of amides is 1. The van der Waals surface area contributed by atoms with Crippen LogP contribution in [0.15, 0.2) is 47.6 Å². The van der Waals surface area contributed by atoms with E-state index in [9.17, 15) is 20.0 Å². The van der Waals surface area contributed by atoms with Gasteiger partial charge in [0.05, 0.1) is 10.6 Å². The number of benzene rings is 2. The molecule has 0 spiro atoms. The van der Waals surface area contributed by atoms with Crippen LogP contribution in [0.3, 0.4) is 0 Å². The molecule has 0 aliphatic rings. The van der Waals surface area contributed by atoms with Crippen molar-refractivity contribution >= 4 is 17.3 Å². The molecule has 0 aliphatic heterocycles. The summed E-state index contributed by atoms with van der Waals surface area (Å²) >= 11 is 0. The van der Waals surface area contributed by atoms with Gasteiger partial charge in [-0.2, -0.15) is 5.10 Å². The van der Waals surface area contributed by atoms with E-state index in [4.69, 9.17) is 4.74 Å². The zero-order valence-corrected chi connectivity index (χ0v) is 14.4. The molecule has 2 aromatic carbocycles. The highest BCUT2D eigenvalue weighted by Crippen LogP contribution is 2.25. The van der Waals surface area contributed by atoms with Crippen LogP contribution in [-0.4, -0.2) is 28.3 Å². The number of carbonyl (C=O) groups excluding carboxylic acids is 1. The standard InChI is InChI=1S/C18H19N3O5/c1-3-14(13-10-12(2)8-9-16(13)22)19-20-18(23)11-26-17-7-5-4-6-15(17)21(24)25/h4-10,22H,3,11H2,1-2H3,(H,20,23)/b19-14+. The minimum atomic E-state index is -0.582. The summed E-state index contributed by atoms with van der Waals surface area (Å²) < 4.78 is 5.20. The van der Waals surface area contributed by atoms with Crippen molar-refractivity contribution in [3.63, 3.8) is 0 Å². The number of nitro benzene ring substituents is 1. The third-order valence-corrected chi connectivity index (χ3v) is 3.53. The van der Waals surface area contributed by atoms with Gasteiger partial charge in [-0.05, 0) is 31.5 Å². The van der Waals surface area contributed by atoms with Crippen LogP contribution in [0.25, 0.3) is 0 Å². The molecular formula is C18H19N3O5. The number of carbonyl (C=O) groups is 1. The molecule has 0 saturated carbocycles. The summed E-state index contributed by atoms with van der Waals surface area (Å²) in [7, 11) is 0. The van der Waals surface area contributed by atoms with E-state index in [1.54, 1.807) is 24.3 Å². The molecule has 8 heteroatoms. The van der Waals surface area contributed by atoms with E-state index < -0.39 is 17.4 Å². The highest BCUT2D eigenvalue weighted by Gasteiger charge is 2.15. The molecule has 0 atom stereocenters. The lowest BCUT2D eigenvalue weighted by atomic mass is 10.0. The lowest BCUT2D eigenvalue weighted by molar-refractivity contribution is -0.385. The number of aryl methyl sites for hydroxylation is 1. The Morgan fingerprint density at radius 1 is 1.31 bits per heavy atom. The Morgan fingerprint density at radius 2 is 2.04 bits per heavy atom. The Labute approximate surface area is 150 Å². The van der Waals surface area contributed by atoms with Crippen LogP contribution in [0.1, 0.15) is 24.5 Å². The van der Waals surface area contributed by atoms with Gasteiger partial charge in [0.15, 0.2) is 12.4 Å². The van der Waals surface area contributed by atoms with E-state index in [1.165, 1.54) is 18.2 Å². The van der Waals surface area contributed by atoms with Crippen molar-refractivity contribution in [3.05, 3.63) is 63.7 Å². The third kappa shape index (κ3) is 4.79. The molecule has 26 heavy (non-hydrogen) atoms. The van der Waals surface area contributed by atoms with E-state index in [2.05, 4.69) is 10.5 Å². The average Bonchev–Trinajstić information content (AvgIpc) is 2.63. The molecule has 1 amide bonds. The summed E-state index contributed by atoms with van der Waals surface area (Å²) in [5.74, 6) is -0.494. The number of ether oxygens (including phenoxy) is 1. The van der Waals surface area contributed by atoms with Gasteiger partial charge in [0.1, 0.15) is 5.75 Å². The number of phenols is 1. The fourth-order valence-corrected chi connectivity index (χ4v) is 2.25. The molecule has 136 valence electrons. The van der Waals surface area contributed by atoms with Crippen molar-refractivity contribution in [1.29, 1.82) is 0 Å². The van der Waals surface area contributed by atoms with Crippen molar-refractivity contribution in [2.24, 2.45) is 5.10 Å². The Balaban J connectivity index is 2.04. The number of hydrogen-bond acceptors (Lipinski definition) is 6. The van der Waals surface area contributed by atoms with Gasteiger partial charge in [0.2, 0.25) is 0 Å². The zero-order valence-electron chi connectivity index (χ0n) is 14.4. The molecule has 2 rings (SSSR count). The first-order valence-corrected chi connectivity index (χ1v) is 7.94. The maximum Gasteiger partial charge on any atom is 0.310 e. The Kier molecular flexibility index (Phi) is 6.26. The zero-order chi connectivity index (χ0) is 19.1. The topological polar surface area (TPSA) is 114 Å². The lowest BCUT2D eigenvalue weighted by Crippen LogP contribution is -2.26. The number of phenolic OH excluding ortho intramolecular Hbond substituents is 1. The van der Waals surface area contributed by atoms with E-state index in [0.29, 0.717) is 17.7 Å². The maximum absolute atomic E-state index is 11.9. The number of rotatable bonds is 7. The van der Waals surface area contributed by atoms with Gasteiger partial charge in [0, 0.05) is 11.6 Å². The van der Waals surface area contributed by atoms with E-state index in [0.717, 1.165) is 5.56 Å². The largest absolute Gasteiger partial charge is 0.507 e. The quantitative estimate of drug-likeness (QED) is 0.449. The summed E-state index contributed by atoms with van der Waals surface area (Å²) in [6.07, 6.45) is 0.488. The molecular weight excluding hydrogens is 338 g/mol. The fourth-order valence-electron chi connectivity index (χ4n) is 2.25. The van der Waals surface area contributed by atoms with E-state index >= 15 is 0 Å². The summed E-state index contributed by atoms with van der Waals surface area (Å²) in [4.78, 5) is 22.3. The molecule has 2 N–H and O–H groups in total. The van der Waals surface area contributed by atoms with Gasteiger partial charge in [-0.15, -0.1) is 0 Å². The second kappa shape index (κ2) is 8.61. The van der Waals surface area contributed by atoms with Crippen LogP contribution in [0, 0.1) is 17.0 Å². The molecule has 0 aromatic heterocycles. The van der Waals surface area contributed by atoms with Crippen LogP contribution in [-0.2, 0) is 4.79 Å². The van der Waals surface area contributed by atoms with E-state index in [-0.39, 0.29) is 17.2 Å². The minimum absolute atomic E-state index is 0.00340. The molecule has 0 heterocycles. The molecule has 0 saturated heterocycles. The molecule has 8 nitrogen and oxygen atoms in total. The first-order chi connectivity index (χ1) is 12.4. The minimum Gasteiger partial charge on any atom is -0.507 e. The third-order valence-electron chi connectivity index (χ3n) is 3.53. The van der Waals surface area contributed by atoms with Gasteiger partial charge in [-0.1, -0.05) is 30.7 Å². The second-order valence-electron chi connectivity index (χ2n) is 5.48. The van der Waals surface area contributed by atoms with Gasteiger partial charge >= 0.3 is 5.69 Å². The Morgan fingerprint density at radius 3 is 2.73 bits per heavy atom. The Bertz CT molecular complexity index is 848. The van der Waals surface area contributed by atoms with Gasteiger partial charge in [-0.3, -0.25) is 14.9 Å². The lowest BCUT2D eigenvalue weighted by Gasteiger charge is -2.09. The van der Waals surface area contributed by atoms with Crippen molar-refractivity contribution in [2.75, 3.05) is 6.61 Å². The molecule has 0 unspecified atom stereocenters. The summed E-state index contributed by atoms with van der Waals surface area (Å²) in [6, 6.07) is 10.9. The first-order valence-electron chi connectivity index (χ1n) is 7.94. The predicted octanol–water partition coefficient (Wildman–Crippen LogP) is 2.92. The number of aromatic hydroxyl groups is 1. The predicted molar refractivity (Wildman–Crippen MR) is 96.4 cm³/mol. The van der Waals surface area contributed by atoms with Crippen LogP contribution in [0.5, 0.6) is 11.5 Å². The molecule has 0 bridgehead atoms. The number of hydrogen-bond donors (Lipinski definition) is 2. The summed E-state index contributed by atoms with van der Waals surface area (Å²) in [6.45, 7) is 3.30. The molecule has 0 aliphatic carbocycles. The first kappa shape index (κ1) is 18.9. The van der Waals surface area contributed by atoms with Gasteiger partial charge in [-0.25, -0.2) is 5.43 Å². The average molecular weight is 357 g/mol. The smallest absolute Gasteiger partial charge is 0.310 e. The number of nitrogens with zero attached hydrogens (tertiary/aromatic N) is 2. The molecule has 2 aromatic rings. The monoisotopic (exact) mass is 357 g/mol. The van der Waals surface area contributed by atoms with Crippen molar-refractivity contribution in [3.8, 4) is 11.5 Å². The van der Waals surface area contributed by atoms with Crippen molar-refractivity contribution < 1.29 is 19.6 Å². The number of nitro groups is 1. The number of hydrazone groups is 1. The normalized spacial score (nSPS) is 11.1. The summed E-state index contributed by atoms with van der Waals surface area (Å²) in [5.41, 5.74) is 4.11. The highest BCUT2D eigenvalue weighted by atomic mass is 16.6. The molecule has 0 radical (unpaired) electrons. The fraction of sp³-hybridized carbons (Fsp3) is 0.222. The number of para-hydroxylation sites is 2. The Hall–Kier alpha value is -3.42. The number of nitrogens with one attached hydrogen (secondary N) is 1. The van der Waals surface area contributed by atoms with Crippen LogP contribution in [0.4, 0.5) is 5.69 Å². The second-order valence-corrected chi connectivity index (χ2v) is 5.48. The van der Waals surface area contributed by atoms with Crippen LogP contribution >= 0.6 is 0 Å². The molecule has 0 fully saturated rings. The summed E-state index contributed by atoms with van der Waals surface area (Å²) in [5, 5.41) is 24.9. The van der Waals surface area contributed by atoms with Gasteiger partial charge in [0.25, 0.3) is 5.91 Å². The van der Waals surface area contributed by atoms with Crippen LogP contribution < -0.4 is 10.2 Å². The van der Waals surface area contributed by atoms with Crippen molar-refractivity contribution in [1.82, 2.24) is 5.43 Å². The van der Waals surface area contributed by atoms with Crippen molar-refractivity contribution in [2.45, 2.75) is 20.3 Å². The van der Waals surface area contributed by atoms with Crippen LogP contribution in [0.2, 0.25) is 0 Å². The maximum atomic E-state index is 11.9. The van der Waals surface area contributed by atoms with E-state index in [1.807, 2.05) is 13.8 Å². The van der Waals surface area contributed by atoms with Gasteiger partial charge < -0.3 is 9.84 Å². The highest BCUT2D eigenvalue weighted by molar-refractivity contribution is 6.03. The SMILES string of the molecule is CC/C(=N\NC(=O)COc1ccccc1[N+](=O)[O-])c1cc(C)ccc1O.